The van der Waals surface area contributed by atoms with E-state index in [1.165, 1.54) is 0 Å². The van der Waals surface area contributed by atoms with Crippen LogP contribution >= 0.6 is 15.9 Å². The summed E-state index contributed by atoms with van der Waals surface area (Å²) >= 11 is 3.55. The van der Waals surface area contributed by atoms with Gasteiger partial charge in [0.2, 0.25) is 0 Å². The molecule has 0 amide bonds. The summed E-state index contributed by atoms with van der Waals surface area (Å²) in [6.45, 7) is 5.63. The van der Waals surface area contributed by atoms with Gasteiger partial charge in [0.1, 0.15) is 5.82 Å². The number of aliphatic hydroxyl groups excluding tert-OH is 1. The van der Waals surface area contributed by atoms with Gasteiger partial charge < -0.3 is 9.84 Å². The molecule has 0 bridgehead atoms. The van der Waals surface area contributed by atoms with Crippen LogP contribution in [-0.2, 0) is 11.2 Å². The van der Waals surface area contributed by atoms with E-state index in [4.69, 9.17) is 4.74 Å². The van der Waals surface area contributed by atoms with Crippen molar-refractivity contribution in [2.75, 3.05) is 19.7 Å². The van der Waals surface area contributed by atoms with Crippen LogP contribution in [0, 0.1) is 12.7 Å². The van der Waals surface area contributed by atoms with E-state index in [9.17, 15) is 9.50 Å². The summed E-state index contributed by atoms with van der Waals surface area (Å²) in [5.74, 6) is -0.142. The molecule has 1 N–H and O–H groups in total. The Kier molecular flexibility index (Phi) is 7.63. The van der Waals surface area contributed by atoms with E-state index in [0.717, 1.165) is 41.4 Å². The van der Waals surface area contributed by atoms with Crippen LogP contribution in [0.3, 0.4) is 0 Å². The number of nitrogens with zero attached hydrogens (tertiary/aromatic N) is 1. The first-order valence-corrected chi connectivity index (χ1v) is 10.8. The van der Waals surface area contributed by atoms with E-state index in [1.54, 1.807) is 13.0 Å². The lowest BCUT2D eigenvalue weighted by molar-refractivity contribution is -0.0173. The van der Waals surface area contributed by atoms with Crippen LogP contribution in [-0.4, -0.2) is 41.8 Å². The highest BCUT2D eigenvalue weighted by Gasteiger charge is 2.27. The van der Waals surface area contributed by atoms with Gasteiger partial charge in [-0.05, 0) is 68.5 Å². The van der Waals surface area contributed by atoms with Crippen molar-refractivity contribution < 1.29 is 14.2 Å². The number of likely N-dealkylation sites (tertiary alicyclic amines) is 1. The standard InChI is InChI=1S/C23H29BrFNO2/c1-16-9-10-18(13-23(16)25)12-19-6-5-11-26(19)14-20(27)15-28-17(2)21-7-3-4-8-22(21)24/h3-4,7-10,13,17,19-20,27H,5-6,11-12,14-15H2,1-2H3/t17-,19+,20-/m1/s1. The van der Waals surface area contributed by atoms with Crippen LogP contribution < -0.4 is 0 Å². The molecule has 2 aromatic carbocycles. The van der Waals surface area contributed by atoms with Gasteiger partial charge in [0.05, 0.1) is 18.8 Å². The molecule has 152 valence electrons. The Hall–Kier alpha value is -1.27. The maximum Gasteiger partial charge on any atom is 0.126 e. The molecule has 0 spiro atoms. The average Bonchev–Trinajstić information content (AvgIpc) is 3.09. The molecule has 1 heterocycles. The minimum atomic E-state index is -0.541. The SMILES string of the molecule is Cc1ccc(C[C@@H]2CCCN2C[C@@H](O)CO[C@H](C)c2ccccc2Br)cc1F. The van der Waals surface area contributed by atoms with Crippen LogP contribution in [0.1, 0.15) is 42.6 Å². The fourth-order valence-corrected chi connectivity index (χ4v) is 4.48. The van der Waals surface area contributed by atoms with Gasteiger partial charge in [-0.1, -0.05) is 46.3 Å². The van der Waals surface area contributed by atoms with Crippen LogP contribution in [0.2, 0.25) is 0 Å². The molecular formula is C23H29BrFNO2. The van der Waals surface area contributed by atoms with Crippen molar-refractivity contribution in [1.82, 2.24) is 4.90 Å². The van der Waals surface area contributed by atoms with Crippen LogP contribution in [0.4, 0.5) is 4.39 Å². The predicted octanol–water partition coefficient (Wildman–Crippen LogP) is 5.04. The highest BCUT2D eigenvalue weighted by Crippen LogP contribution is 2.26. The molecule has 3 atom stereocenters. The van der Waals surface area contributed by atoms with Crippen LogP contribution in [0.25, 0.3) is 0 Å². The van der Waals surface area contributed by atoms with Gasteiger partial charge in [-0.2, -0.15) is 0 Å². The summed E-state index contributed by atoms with van der Waals surface area (Å²) in [5, 5.41) is 10.5. The van der Waals surface area contributed by atoms with Gasteiger partial charge in [-0.25, -0.2) is 4.39 Å². The first-order chi connectivity index (χ1) is 13.4. The molecule has 1 aliphatic heterocycles. The molecule has 0 aliphatic carbocycles. The van der Waals surface area contributed by atoms with E-state index in [-0.39, 0.29) is 11.9 Å². The van der Waals surface area contributed by atoms with Gasteiger partial charge in [-0.15, -0.1) is 0 Å². The Balaban J connectivity index is 1.50. The zero-order valence-corrected chi connectivity index (χ0v) is 18.2. The number of benzene rings is 2. The first kappa shape index (κ1) is 21.4. The molecule has 0 radical (unpaired) electrons. The molecule has 28 heavy (non-hydrogen) atoms. The second kappa shape index (κ2) is 9.97. The van der Waals surface area contributed by atoms with Gasteiger partial charge in [0, 0.05) is 17.1 Å². The van der Waals surface area contributed by atoms with Crippen molar-refractivity contribution in [1.29, 1.82) is 0 Å². The van der Waals surface area contributed by atoms with Gasteiger partial charge in [-0.3, -0.25) is 4.90 Å². The predicted molar refractivity (Wildman–Crippen MR) is 114 cm³/mol. The number of hydrogen-bond acceptors (Lipinski definition) is 3. The van der Waals surface area contributed by atoms with E-state index < -0.39 is 6.10 Å². The van der Waals surface area contributed by atoms with E-state index in [2.05, 4.69) is 20.8 Å². The Morgan fingerprint density at radius 3 is 2.82 bits per heavy atom. The maximum absolute atomic E-state index is 13.8. The Morgan fingerprint density at radius 2 is 2.07 bits per heavy atom. The van der Waals surface area contributed by atoms with Crippen molar-refractivity contribution in [3.8, 4) is 0 Å². The third kappa shape index (κ3) is 5.63. The molecule has 5 heteroatoms. The number of halogens is 2. The Bertz CT molecular complexity index is 785. The largest absolute Gasteiger partial charge is 0.389 e. The van der Waals surface area contributed by atoms with Crippen molar-refractivity contribution >= 4 is 15.9 Å². The van der Waals surface area contributed by atoms with Gasteiger partial charge in [0.25, 0.3) is 0 Å². The summed E-state index contributed by atoms with van der Waals surface area (Å²) in [5.41, 5.74) is 2.78. The van der Waals surface area contributed by atoms with Gasteiger partial charge in [0.15, 0.2) is 0 Å². The van der Waals surface area contributed by atoms with Crippen molar-refractivity contribution in [2.24, 2.45) is 0 Å². The van der Waals surface area contributed by atoms with Gasteiger partial charge >= 0.3 is 0 Å². The van der Waals surface area contributed by atoms with Crippen molar-refractivity contribution in [2.45, 2.75) is 51.4 Å². The molecular weight excluding hydrogens is 421 g/mol. The summed E-state index contributed by atoms with van der Waals surface area (Å²) in [6, 6.07) is 13.8. The fourth-order valence-electron chi connectivity index (χ4n) is 3.88. The Morgan fingerprint density at radius 1 is 1.29 bits per heavy atom. The van der Waals surface area contributed by atoms with E-state index >= 15 is 0 Å². The number of hydrogen-bond donors (Lipinski definition) is 1. The van der Waals surface area contributed by atoms with Crippen molar-refractivity contribution in [3.05, 3.63) is 69.4 Å². The molecule has 2 aromatic rings. The lowest BCUT2D eigenvalue weighted by atomic mass is 10.0. The smallest absolute Gasteiger partial charge is 0.126 e. The highest BCUT2D eigenvalue weighted by molar-refractivity contribution is 9.10. The van der Waals surface area contributed by atoms with E-state index in [0.29, 0.717) is 24.8 Å². The first-order valence-electron chi connectivity index (χ1n) is 9.97. The molecule has 3 nitrogen and oxygen atoms in total. The number of rotatable bonds is 8. The molecule has 0 aromatic heterocycles. The number of ether oxygens (including phenoxy) is 1. The quantitative estimate of drug-likeness (QED) is 0.612. The summed E-state index contributed by atoms with van der Waals surface area (Å²) in [7, 11) is 0. The van der Waals surface area contributed by atoms with E-state index in [1.807, 2.05) is 43.3 Å². The summed E-state index contributed by atoms with van der Waals surface area (Å²) in [6.07, 6.45) is 2.38. The van der Waals surface area contributed by atoms with Crippen LogP contribution in [0.5, 0.6) is 0 Å². The molecule has 3 rings (SSSR count). The third-order valence-electron chi connectivity index (χ3n) is 5.53. The summed E-state index contributed by atoms with van der Waals surface area (Å²) < 4.78 is 20.8. The minimum Gasteiger partial charge on any atom is -0.389 e. The fraction of sp³-hybridized carbons (Fsp3) is 0.478. The van der Waals surface area contributed by atoms with Crippen LogP contribution in [0.15, 0.2) is 46.9 Å². The highest BCUT2D eigenvalue weighted by atomic mass is 79.9. The minimum absolute atomic E-state index is 0.0878. The second-order valence-electron chi connectivity index (χ2n) is 7.73. The summed E-state index contributed by atoms with van der Waals surface area (Å²) in [4.78, 5) is 2.31. The molecule has 1 saturated heterocycles. The monoisotopic (exact) mass is 449 g/mol. The maximum atomic E-state index is 13.8. The number of aryl methyl sites for hydroxylation is 1. The van der Waals surface area contributed by atoms with Crippen molar-refractivity contribution in [3.63, 3.8) is 0 Å². The number of β-amino-alcohol motifs (C(OH)–C–C–N with tert-alkyl or cyclic N) is 1. The lowest BCUT2D eigenvalue weighted by Gasteiger charge is -2.27. The number of aliphatic hydroxyl groups is 1. The molecule has 0 saturated carbocycles. The molecule has 1 aliphatic rings. The zero-order chi connectivity index (χ0) is 20.1. The average molecular weight is 450 g/mol. The third-order valence-corrected chi connectivity index (χ3v) is 6.26. The molecule has 0 unspecified atom stereocenters. The normalized spacial score (nSPS) is 19.7. The lowest BCUT2D eigenvalue weighted by Crippen LogP contribution is -2.39. The molecule has 1 fully saturated rings. The second-order valence-corrected chi connectivity index (χ2v) is 8.58. The zero-order valence-electron chi connectivity index (χ0n) is 16.6. The topological polar surface area (TPSA) is 32.7 Å². The Labute approximate surface area is 175 Å².